The molecule has 0 radical (unpaired) electrons. The van der Waals surface area contributed by atoms with Crippen LogP contribution < -0.4 is 0 Å². The fourth-order valence-corrected chi connectivity index (χ4v) is 0.985. The topological polar surface area (TPSA) is 224 Å². The predicted octanol–water partition coefficient (Wildman–Crippen LogP) is 5.66. The Morgan fingerprint density at radius 2 is 0.378 bits per heavy atom. The van der Waals surface area contributed by atoms with Crippen molar-refractivity contribution in [2.75, 3.05) is 0 Å². The van der Waals surface area contributed by atoms with Gasteiger partial charge in [-0.2, -0.15) is 26.3 Å². The zero-order valence-corrected chi connectivity index (χ0v) is 28.5. The van der Waals surface area contributed by atoms with Crippen molar-refractivity contribution in [3.8, 4) is 0 Å². The number of hydrogen-bond acceptors (Lipinski definition) is 12. The molecule has 0 saturated carbocycles. The molecule has 12 nitrogen and oxygen atoms in total. The van der Waals surface area contributed by atoms with Gasteiger partial charge in [0.05, 0.1) is 71.0 Å². The van der Waals surface area contributed by atoms with Crippen LogP contribution in [0.4, 0.5) is 26.3 Å². The molecule has 6 N–H and O–H groups in total. The van der Waals surface area contributed by atoms with Crippen molar-refractivity contribution in [2.24, 2.45) is 0 Å². The van der Waals surface area contributed by atoms with Crippen molar-refractivity contribution < 1.29 is 147 Å². The van der Waals surface area contributed by atoms with Gasteiger partial charge in [0.1, 0.15) is 0 Å². The molecule has 0 heterocycles. The van der Waals surface area contributed by atoms with E-state index >= 15 is 0 Å². The van der Waals surface area contributed by atoms with Crippen LogP contribution in [0.5, 0.6) is 0 Å². The van der Waals surface area contributed by atoms with Crippen LogP contribution in [0.3, 0.4) is 0 Å². The van der Waals surface area contributed by atoms with Gasteiger partial charge >= 0.3 is 36.2 Å². The molecule has 45 heavy (non-hydrogen) atoms. The summed E-state index contributed by atoms with van der Waals surface area (Å²) in [5.41, 5.74) is 0. The van der Waals surface area contributed by atoms with Crippen LogP contribution in [-0.4, -0.2) is 66.9 Å². The minimum atomic E-state index is -1.62. The standard InChI is InChI=1S/6C4H5FO2.3Pd/c6*1-3(6)2-4(5)7;;;/h6*2,6H,1H3;;;/b6*3-2-;;;. The number of carbonyl (C=O) groups excluding carboxylic acids is 6. The maximum absolute atomic E-state index is 11.1. The zero-order chi connectivity index (χ0) is 35.2. The smallest absolute Gasteiger partial charge is 0.328 e. The van der Waals surface area contributed by atoms with Crippen molar-refractivity contribution in [2.45, 2.75) is 41.5 Å². The SMILES string of the molecule is C/C(O)=C/C(=O)F.C/C(O)=C/C(=O)F.C/C(O)=C/C(=O)F.C/C(O)=C/C(=O)F.C/C(O)=C/C(=O)F.C/C(O)=C/C(=O)F.[Pd].[Pd].[Pd]. The first-order valence-corrected chi connectivity index (χ1v) is 10.2. The van der Waals surface area contributed by atoms with Gasteiger partial charge in [-0.1, -0.05) is 0 Å². The van der Waals surface area contributed by atoms with Crippen molar-refractivity contribution in [3.63, 3.8) is 0 Å². The molecule has 0 aliphatic heterocycles. The Balaban J connectivity index is -0.0000000487. The summed E-state index contributed by atoms with van der Waals surface area (Å²) in [7, 11) is 0. The second kappa shape index (κ2) is 43.0. The molecule has 270 valence electrons. The first-order valence-electron chi connectivity index (χ1n) is 10.2. The molecule has 0 amide bonds. The van der Waals surface area contributed by atoms with Gasteiger partial charge in [0, 0.05) is 61.3 Å². The minimum absolute atomic E-state index is 0. The molecule has 0 saturated heterocycles. The number of aliphatic hydroxyl groups excluding tert-OH is 6. The van der Waals surface area contributed by atoms with Crippen molar-refractivity contribution in [1.82, 2.24) is 0 Å². The van der Waals surface area contributed by atoms with E-state index in [4.69, 9.17) is 30.6 Å². The Bertz CT molecular complexity index is 847. The van der Waals surface area contributed by atoms with Gasteiger partial charge in [-0.15, -0.1) is 0 Å². The second-order valence-corrected chi connectivity index (χ2v) is 6.54. The van der Waals surface area contributed by atoms with Gasteiger partial charge in [0.2, 0.25) is 0 Å². The quantitative estimate of drug-likeness (QED) is 0.0625. The van der Waals surface area contributed by atoms with Crippen LogP contribution in [0.2, 0.25) is 0 Å². The first-order chi connectivity index (χ1) is 18.8. The number of rotatable bonds is 6. The molecule has 0 aliphatic rings. The number of halogens is 6. The van der Waals surface area contributed by atoms with Crippen LogP contribution in [0.15, 0.2) is 71.0 Å². The summed E-state index contributed by atoms with van der Waals surface area (Å²) >= 11 is 0. The average molecular weight is 944 g/mol. The largest absolute Gasteiger partial charge is 0.512 e. The van der Waals surface area contributed by atoms with Crippen molar-refractivity contribution >= 4 is 36.2 Å². The van der Waals surface area contributed by atoms with E-state index < -0.39 is 36.2 Å². The molecule has 0 aromatic rings. The Morgan fingerprint density at radius 1 is 0.311 bits per heavy atom. The summed E-state index contributed by atoms with van der Waals surface area (Å²) < 4.78 is 66.5. The van der Waals surface area contributed by atoms with E-state index in [1.54, 1.807) is 0 Å². The van der Waals surface area contributed by atoms with E-state index in [2.05, 4.69) is 0 Å². The van der Waals surface area contributed by atoms with Gasteiger partial charge < -0.3 is 30.6 Å². The molecular weight excluding hydrogens is 914 g/mol. The van der Waals surface area contributed by atoms with Gasteiger partial charge in [0.25, 0.3) is 0 Å². The first kappa shape index (κ1) is 64.7. The summed E-state index contributed by atoms with van der Waals surface area (Å²) in [5, 5.41) is 48.7. The zero-order valence-electron chi connectivity index (χ0n) is 23.8. The number of allylic oxidation sites excluding steroid dienone is 12. The molecule has 0 bridgehead atoms. The molecule has 0 rings (SSSR count). The van der Waals surface area contributed by atoms with Crippen LogP contribution in [0.25, 0.3) is 0 Å². The number of hydrogen-bond donors (Lipinski definition) is 6. The fraction of sp³-hybridized carbons (Fsp3) is 0.250. The summed E-state index contributed by atoms with van der Waals surface area (Å²) in [4.78, 5) is 56.1. The maximum atomic E-state index is 11.1. The predicted molar refractivity (Wildman–Crippen MR) is 135 cm³/mol. The van der Waals surface area contributed by atoms with Gasteiger partial charge in [0.15, 0.2) is 0 Å². The van der Waals surface area contributed by atoms with Crippen molar-refractivity contribution in [3.05, 3.63) is 71.0 Å². The van der Waals surface area contributed by atoms with E-state index in [-0.39, 0.29) is 95.8 Å². The number of aliphatic hydroxyl groups is 6. The summed E-state index contributed by atoms with van der Waals surface area (Å²) in [6, 6.07) is -9.75. The number of carbonyl (C=O) groups is 6. The average Bonchev–Trinajstić information content (AvgIpc) is 2.63. The van der Waals surface area contributed by atoms with Crippen LogP contribution >= 0.6 is 0 Å². The summed E-state index contributed by atoms with van der Waals surface area (Å²) in [6.45, 7) is 7.32. The minimum Gasteiger partial charge on any atom is -0.512 e. The monoisotopic (exact) mass is 942 g/mol. The Kier molecular flexibility index (Phi) is 61.8. The molecule has 0 unspecified atom stereocenters. The summed E-state index contributed by atoms with van der Waals surface area (Å²) in [5.74, 6) is -1.87. The molecule has 21 heteroatoms. The summed E-state index contributed by atoms with van der Waals surface area (Å²) in [6.07, 6.45) is 3.00. The second-order valence-electron chi connectivity index (χ2n) is 6.54. The van der Waals surface area contributed by atoms with Crippen molar-refractivity contribution in [1.29, 1.82) is 0 Å². The molecule has 0 aromatic carbocycles. The van der Waals surface area contributed by atoms with Crippen LogP contribution in [0, 0.1) is 0 Å². The maximum Gasteiger partial charge on any atom is 0.328 e. The van der Waals surface area contributed by atoms with E-state index in [1.165, 1.54) is 41.5 Å². The molecule has 0 atom stereocenters. The Hall–Kier alpha value is -3.17. The van der Waals surface area contributed by atoms with E-state index in [0.29, 0.717) is 36.5 Å². The van der Waals surface area contributed by atoms with Gasteiger partial charge in [-0.3, -0.25) is 28.8 Å². The third kappa shape index (κ3) is 142. The van der Waals surface area contributed by atoms with E-state index in [1.807, 2.05) is 0 Å². The van der Waals surface area contributed by atoms with E-state index in [9.17, 15) is 55.1 Å². The molecule has 0 aromatic heterocycles. The molecular formula is C24H30F6O12Pd3. The van der Waals surface area contributed by atoms with Gasteiger partial charge in [-0.05, 0) is 41.5 Å². The molecule has 0 fully saturated rings. The van der Waals surface area contributed by atoms with Gasteiger partial charge in [-0.25, -0.2) is 0 Å². The normalized spacial score (nSPS) is 10.7. The fourth-order valence-electron chi connectivity index (χ4n) is 0.985. The third-order valence-electron chi connectivity index (χ3n) is 1.93. The van der Waals surface area contributed by atoms with Crippen LogP contribution in [-0.2, 0) is 90.0 Å². The Morgan fingerprint density at radius 3 is 0.378 bits per heavy atom. The van der Waals surface area contributed by atoms with E-state index in [0.717, 1.165) is 0 Å². The molecule has 0 aliphatic carbocycles. The Labute approximate surface area is 294 Å². The molecule has 0 spiro atoms. The van der Waals surface area contributed by atoms with Crippen LogP contribution in [0.1, 0.15) is 41.5 Å². The third-order valence-corrected chi connectivity index (χ3v) is 1.93.